The molecule has 0 atom stereocenters. The number of hydrogen-bond acceptors (Lipinski definition) is 0. The van der Waals surface area contributed by atoms with Crippen molar-refractivity contribution < 1.29 is 0 Å². The predicted molar refractivity (Wildman–Crippen MR) is 24.9 cm³/mol. The van der Waals surface area contributed by atoms with Crippen LogP contribution in [0.4, 0.5) is 0 Å². The second-order valence-corrected chi connectivity index (χ2v) is 1.000. The fraction of sp³-hybridized carbons (Fsp3) is 0.800. The van der Waals surface area contributed by atoms with Gasteiger partial charge in [0.15, 0.2) is 0 Å². The highest BCUT2D eigenvalue weighted by Crippen LogP contribution is 1.76. The van der Waals surface area contributed by atoms with E-state index < -0.39 is 0 Å². The summed E-state index contributed by atoms with van der Waals surface area (Å²) in [6, 6.07) is 0. The van der Waals surface area contributed by atoms with Crippen LogP contribution in [0.1, 0.15) is 26.7 Å². The zero-order valence-electron chi connectivity index (χ0n) is 3.99. The Morgan fingerprint density at radius 1 is 1.00 bits per heavy atom. The summed E-state index contributed by atoms with van der Waals surface area (Å²) in [5, 5.41) is 0. The maximum Gasteiger partial charge on any atom is -0.0312 e. The van der Waals surface area contributed by atoms with E-state index in [-0.39, 0.29) is 7.43 Å². The van der Waals surface area contributed by atoms with E-state index in [1.54, 1.807) is 0 Å². The quantitative estimate of drug-likeness (QED) is 0.443. The zero-order chi connectivity index (χ0) is 3.41. The van der Waals surface area contributed by atoms with Crippen LogP contribution in [-0.2, 0) is 0 Å². The molecule has 0 aliphatic rings. The molecule has 0 amide bonds. The van der Waals surface area contributed by atoms with Gasteiger partial charge in [-0.2, -0.15) is 0 Å². The van der Waals surface area contributed by atoms with Gasteiger partial charge in [-0.15, -0.1) is 0 Å². The van der Waals surface area contributed by atoms with Crippen molar-refractivity contribution in [3.63, 3.8) is 0 Å². The van der Waals surface area contributed by atoms with Crippen molar-refractivity contribution in [2.75, 3.05) is 0 Å². The van der Waals surface area contributed by atoms with Crippen molar-refractivity contribution in [1.29, 1.82) is 0 Å². The first-order valence-corrected chi connectivity index (χ1v) is 1.91. The van der Waals surface area contributed by atoms with Gasteiger partial charge in [0, 0.05) is 0 Å². The van der Waals surface area contributed by atoms with E-state index in [4.69, 9.17) is 0 Å². The highest BCUT2D eigenvalue weighted by atomic mass is 13.6. The van der Waals surface area contributed by atoms with Crippen molar-refractivity contribution in [1.82, 2.24) is 0 Å². The maximum absolute atomic E-state index is 2.18. The second-order valence-electron chi connectivity index (χ2n) is 1.000. The van der Waals surface area contributed by atoms with Crippen LogP contribution in [0.3, 0.4) is 0 Å². The fourth-order valence-corrected chi connectivity index (χ4v) is 0. The first-order valence-electron chi connectivity index (χ1n) is 1.91. The summed E-state index contributed by atoms with van der Waals surface area (Å²) < 4.78 is 0. The molecule has 31 valence electrons. The van der Waals surface area contributed by atoms with Crippen LogP contribution < -0.4 is 0 Å². The third kappa shape index (κ3) is 16.0. The summed E-state index contributed by atoms with van der Waals surface area (Å²) >= 11 is 0. The van der Waals surface area contributed by atoms with E-state index in [1.807, 2.05) is 0 Å². The minimum atomic E-state index is 0. The van der Waals surface area contributed by atoms with Crippen LogP contribution in [0.5, 0.6) is 0 Å². The summed E-state index contributed by atoms with van der Waals surface area (Å²) in [5.74, 6) is 0. The van der Waals surface area contributed by atoms with Crippen molar-refractivity contribution in [2.24, 2.45) is 0 Å². The largest absolute Gasteiger partial charge is 0.0654 e. The molecule has 0 saturated heterocycles. The summed E-state index contributed by atoms with van der Waals surface area (Å²) in [6.45, 7) is 4.36. The molecule has 5 heavy (non-hydrogen) atoms. The lowest BCUT2D eigenvalue weighted by Gasteiger charge is -1.68. The van der Waals surface area contributed by atoms with Gasteiger partial charge in [0.05, 0.1) is 0 Å². The third-order valence-electron chi connectivity index (χ3n) is 0.500. The lowest BCUT2D eigenvalue weighted by molar-refractivity contribution is 0.886. The molecule has 0 aromatic rings. The normalized spacial score (nSPS) is 6.00. The van der Waals surface area contributed by atoms with Gasteiger partial charge in [0.2, 0.25) is 0 Å². The molecule has 0 aliphatic heterocycles. The lowest BCUT2D eigenvalue weighted by atomic mass is 10.4. The summed E-state index contributed by atoms with van der Waals surface area (Å²) in [4.78, 5) is 0. The molecular weight excluding hydrogens is 60.1 g/mol. The Labute approximate surface area is 35.2 Å². The Hall–Kier alpha value is 0. The smallest absolute Gasteiger partial charge is 0.0312 e. The monoisotopic (exact) mass is 71.1 g/mol. The summed E-state index contributed by atoms with van der Waals surface area (Å²) in [5.41, 5.74) is 0. The Bertz CT molecular complexity index is 2.00. The number of rotatable bonds is 1. The van der Waals surface area contributed by atoms with E-state index in [9.17, 15) is 0 Å². The molecule has 0 aromatic heterocycles. The standard InChI is InChI=1S/C4H10.CH/c1-3-4-2;/h3-4H2,1-2H3;1H. The minimum absolute atomic E-state index is 0. The van der Waals surface area contributed by atoms with E-state index in [0.717, 1.165) is 0 Å². The van der Waals surface area contributed by atoms with Gasteiger partial charge in [-0.3, -0.25) is 0 Å². The first-order chi connectivity index (χ1) is 1.91. The van der Waals surface area contributed by atoms with Crippen molar-refractivity contribution in [2.45, 2.75) is 26.7 Å². The van der Waals surface area contributed by atoms with Crippen molar-refractivity contribution in [3.05, 3.63) is 7.43 Å². The Morgan fingerprint density at radius 2 is 1.20 bits per heavy atom. The molecule has 3 radical (unpaired) electrons. The molecule has 0 heterocycles. The molecule has 0 aliphatic carbocycles. The van der Waals surface area contributed by atoms with Gasteiger partial charge in [0.1, 0.15) is 0 Å². The molecule has 0 nitrogen and oxygen atoms in total. The van der Waals surface area contributed by atoms with E-state index in [1.165, 1.54) is 12.8 Å². The molecular formula is C5H11. The number of hydrogen-bond donors (Lipinski definition) is 0. The molecule has 0 fully saturated rings. The van der Waals surface area contributed by atoms with Crippen molar-refractivity contribution in [3.8, 4) is 0 Å². The summed E-state index contributed by atoms with van der Waals surface area (Å²) in [6.07, 6.45) is 2.64. The number of unbranched alkanes of at least 4 members (excludes halogenated alkanes) is 1. The highest BCUT2D eigenvalue weighted by Gasteiger charge is 1.56. The fourth-order valence-electron chi connectivity index (χ4n) is 0. The van der Waals surface area contributed by atoms with Gasteiger partial charge >= 0.3 is 0 Å². The molecule has 0 bridgehead atoms. The molecule has 0 unspecified atom stereocenters. The Kier molecular flexibility index (Phi) is 16.0. The minimum Gasteiger partial charge on any atom is -0.0654 e. The van der Waals surface area contributed by atoms with E-state index in [0.29, 0.717) is 0 Å². The molecule has 0 aromatic carbocycles. The average molecular weight is 71.1 g/mol. The molecule has 0 rings (SSSR count). The van der Waals surface area contributed by atoms with Gasteiger partial charge in [-0.25, -0.2) is 0 Å². The van der Waals surface area contributed by atoms with Gasteiger partial charge < -0.3 is 0 Å². The Morgan fingerprint density at radius 3 is 1.20 bits per heavy atom. The van der Waals surface area contributed by atoms with Gasteiger partial charge in [0.25, 0.3) is 0 Å². The molecule has 0 saturated carbocycles. The van der Waals surface area contributed by atoms with Crippen LogP contribution in [0.15, 0.2) is 0 Å². The lowest BCUT2D eigenvalue weighted by Crippen LogP contribution is -1.47. The molecule has 0 spiro atoms. The predicted octanol–water partition coefficient (Wildman–Crippen LogP) is 2.01. The van der Waals surface area contributed by atoms with Crippen LogP contribution in [-0.4, -0.2) is 0 Å². The Balaban J connectivity index is 0. The maximum atomic E-state index is 2.18. The van der Waals surface area contributed by atoms with E-state index in [2.05, 4.69) is 13.8 Å². The average Bonchev–Trinajstić information content (AvgIpc) is 1.37. The molecule has 0 heteroatoms. The van der Waals surface area contributed by atoms with Gasteiger partial charge in [-0.05, 0) is 7.43 Å². The SMILES string of the molecule is CCCC.[CH]. The van der Waals surface area contributed by atoms with Gasteiger partial charge in [-0.1, -0.05) is 26.7 Å². The first kappa shape index (κ1) is 8.89. The summed E-state index contributed by atoms with van der Waals surface area (Å²) in [7, 11) is 0. The third-order valence-corrected chi connectivity index (χ3v) is 0.500. The van der Waals surface area contributed by atoms with Crippen LogP contribution in [0.2, 0.25) is 0 Å². The zero-order valence-corrected chi connectivity index (χ0v) is 3.99. The van der Waals surface area contributed by atoms with Crippen molar-refractivity contribution >= 4 is 0 Å². The van der Waals surface area contributed by atoms with Crippen LogP contribution >= 0.6 is 0 Å². The van der Waals surface area contributed by atoms with Crippen LogP contribution in [0, 0.1) is 7.43 Å². The van der Waals surface area contributed by atoms with E-state index >= 15 is 0 Å². The second kappa shape index (κ2) is 9.00. The molecule has 0 N–H and O–H groups in total. The van der Waals surface area contributed by atoms with Crippen LogP contribution in [0.25, 0.3) is 0 Å². The highest BCUT2D eigenvalue weighted by molar-refractivity contribution is 4.12. The topological polar surface area (TPSA) is 0 Å².